The Balaban J connectivity index is 1.24. The highest BCUT2D eigenvalue weighted by atomic mass is 16.6. The number of fused-ring (bicyclic) bond motifs is 1. The van der Waals surface area contributed by atoms with E-state index in [0.717, 1.165) is 17.7 Å². The molecule has 156 valence electrons. The quantitative estimate of drug-likeness (QED) is 0.735. The summed E-state index contributed by atoms with van der Waals surface area (Å²) in [4.78, 5) is 37.6. The lowest BCUT2D eigenvalue weighted by Crippen LogP contribution is -2.24. The first-order valence-corrected chi connectivity index (χ1v) is 9.83. The van der Waals surface area contributed by atoms with E-state index in [1.165, 1.54) is 0 Å². The first-order chi connectivity index (χ1) is 14.6. The molecule has 1 N–H and O–H groups in total. The van der Waals surface area contributed by atoms with Crippen LogP contribution in [-0.4, -0.2) is 44.1 Å². The maximum absolute atomic E-state index is 12.1. The van der Waals surface area contributed by atoms with Crippen molar-refractivity contribution in [3.63, 3.8) is 0 Å². The summed E-state index contributed by atoms with van der Waals surface area (Å²) in [7, 11) is 0. The minimum atomic E-state index is -0.510. The zero-order valence-corrected chi connectivity index (χ0v) is 16.4. The molecule has 0 aromatic heterocycles. The number of anilines is 2. The number of esters is 1. The van der Waals surface area contributed by atoms with Crippen molar-refractivity contribution in [2.75, 3.05) is 36.6 Å². The molecular weight excluding hydrogens is 388 g/mol. The van der Waals surface area contributed by atoms with Gasteiger partial charge in [-0.1, -0.05) is 6.07 Å². The van der Waals surface area contributed by atoms with E-state index in [1.54, 1.807) is 47.4 Å². The fourth-order valence-electron chi connectivity index (χ4n) is 3.40. The van der Waals surface area contributed by atoms with Crippen molar-refractivity contribution in [2.45, 2.75) is 19.3 Å². The number of benzene rings is 2. The maximum atomic E-state index is 12.1. The van der Waals surface area contributed by atoms with Gasteiger partial charge in [0, 0.05) is 24.3 Å². The van der Waals surface area contributed by atoms with E-state index in [2.05, 4.69) is 5.32 Å². The maximum Gasteiger partial charge on any atom is 0.310 e. The Morgan fingerprint density at radius 2 is 1.80 bits per heavy atom. The second-order valence-corrected chi connectivity index (χ2v) is 7.06. The van der Waals surface area contributed by atoms with Crippen molar-refractivity contribution in [3.05, 3.63) is 48.0 Å². The normalized spacial score (nSPS) is 15.1. The van der Waals surface area contributed by atoms with E-state index in [9.17, 15) is 14.4 Å². The fraction of sp³-hybridized carbons (Fsp3) is 0.318. The molecule has 2 aliphatic rings. The molecule has 0 bridgehead atoms. The largest absolute Gasteiger partial charge is 0.486 e. The molecule has 0 saturated carbocycles. The second kappa shape index (κ2) is 8.86. The summed E-state index contributed by atoms with van der Waals surface area (Å²) >= 11 is 0. The van der Waals surface area contributed by atoms with E-state index in [1.807, 2.05) is 0 Å². The minimum absolute atomic E-state index is 0.0302. The Kier molecular flexibility index (Phi) is 5.83. The molecule has 0 spiro atoms. The van der Waals surface area contributed by atoms with Gasteiger partial charge in [-0.2, -0.15) is 0 Å². The Labute approximate surface area is 173 Å². The van der Waals surface area contributed by atoms with Gasteiger partial charge in [0.05, 0.1) is 6.42 Å². The molecule has 2 aliphatic heterocycles. The van der Waals surface area contributed by atoms with Crippen LogP contribution < -0.4 is 19.7 Å². The molecule has 2 heterocycles. The van der Waals surface area contributed by atoms with Gasteiger partial charge in [-0.3, -0.25) is 14.4 Å². The van der Waals surface area contributed by atoms with Crippen LogP contribution in [0.5, 0.6) is 11.5 Å². The molecule has 2 aromatic carbocycles. The third-order valence-corrected chi connectivity index (χ3v) is 4.86. The van der Waals surface area contributed by atoms with E-state index < -0.39 is 11.9 Å². The topological polar surface area (TPSA) is 94.2 Å². The van der Waals surface area contributed by atoms with Crippen molar-refractivity contribution in [1.29, 1.82) is 0 Å². The van der Waals surface area contributed by atoms with Crippen LogP contribution in [0.15, 0.2) is 42.5 Å². The van der Waals surface area contributed by atoms with Crippen molar-refractivity contribution in [1.82, 2.24) is 0 Å². The predicted molar refractivity (Wildman–Crippen MR) is 109 cm³/mol. The van der Waals surface area contributed by atoms with E-state index in [4.69, 9.17) is 14.2 Å². The zero-order chi connectivity index (χ0) is 20.9. The molecule has 0 atom stereocenters. The molecule has 30 heavy (non-hydrogen) atoms. The summed E-state index contributed by atoms with van der Waals surface area (Å²) in [5, 5.41) is 2.67. The summed E-state index contributed by atoms with van der Waals surface area (Å²) in [6.07, 6.45) is 1.45. The number of rotatable bonds is 6. The Hall–Kier alpha value is -3.55. The monoisotopic (exact) mass is 410 g/mol. The number of amides is 2. The van der Waals surface area contributed by atoms with Crippen molar-refractivity contribution >= 4 is 29.2 Å². The summed E-state index contributed by atoms with van der Waals surface area (Å²) in [6, 6.07) is 12.3. The van der Waals surface area contributed by atoms with Gasteiger partial charge in [0.15, 0.2) is 18.1 Å². The first kappa shape index (κ1) is 19.8. The van der Waals surface area contributed by atoms with Crippen LogP contribution in [0.1, 0.15) is 18.4 Å². The lowest BCUT2D eigenvalue weighted by molar-refractivity contribution is -0.146. The molecule has 1 fully saturated rings. The first-order valence-electron chi connectivity index (χ1n) is 9.83. The van der Waals surface area contributed by atoms with Gasteiger partial charge in [0.2, 0.25) is 5.91 Å². The number of carbonyl (C=O) groups excluding carboxylic acids is 3. The Morgan fingerprint density at radius 3 is 2.53 bits per heavy atom. The number of nitrogens with one attached hydrogen (secondary N) is 1. The van der Waals surface area contributed by atoms with Gasteiger partial charge >= 0.3 is 5.97 Å². The summed E-state index contributed by atoms with van der Waals surface area (Å²) in [5.74, 6) is 0.415. The van der Waals surface area contributed by atoms with Crippen LogP contribution in [-0.2, 0) is 25.5 Å². The smallest absolute Gasteiger partial charge is 0.310 e. The van der Waals surface area contributed by atoms with Gasteiger partial charge in [-0.25, -0.2) is 0 Å². The van der Waals surface area contributed by atoms with Gasteiger partial charge in [-0.15, -0.1) is 0 Å². The molecule has 1 saturated heterocycles. The number of ether oxygens (including phenoxy) is 3. The van der Waals surface area contributed by atoms with Crippen LogP contribution in [0.25, 0.3) is 0 Å². The van der Waals surface area contributed by atoms with Crippen LogP contribution in [0.3, 0.4) is 0 Å². The lowest BCUT2D eigenvalue weighted by atomic mass is 10.1. The average molecular weight is 410 g/mol. The van der Waals surface area contributed by atoms with Crippen LogP contribution in [0, 0.1) is 0 Å². The van der Waals surface area contributed by atoms with Crippen molar-refractivity contribution < 1.29 is 28.6 Å². The van der Waals surface area contributed by atoms with Gasteiger partial charge in [0.25, 0.3) is 5.91 Å². The number of hydrogen-bond acceptors (Lipinski definition) is 6. The van der Waals surface area contributed by atoms with Crippen LogP contribution in [0.2, 0.25) is 0 Å². The van der Waals surface area contributed by atoms with Crippen LogP contribution in [0.4, 0.5) is 11.4 Å². The highest BCUT2D eigenvalue weighted by Gasteiger charge is 2.21. The van der Waals surface area contributed by atoms with Crippen molar-refractivity contribution in [3.8, 4) is 11.5 Å². The summed E-state index contributed by atoms with van der Waals surface area (Å²) < 4.78 is 16.0. The molecular formula is C22H22N2O6. The van der Waals surface area contributed by atoms with Crippen LogP contribution >= 0.6 is 0 Å². The third-order valence-electron chi connectivity index (χ3n) is 4.86. The lowest BCUT2D eigenvalue weighted by Gasteiger charge is -2.18. The van der Waals surface area contributed by atoms with E-state index >= 15 is 0 Å². The van der Waals surface area contributed by atoms with Gasteiger partial charge in [0.1, 0.15) is 13.2 Å². The van der Waals surface area contributed by atoms with Gasteiger partial charge in [-0.05, 0) is 48.4 Å². The summed E-state index contributed by atoms with van der Waals surface area (Å²) in [5.41, 5.74) is 2.09. The minimum Gasteiger partial charge on any atom is -0.486 e. The molecule has 2 aromatic rings. The van der Waals surface area contributed by atoms with Gasteiger partial charge < -0.3 is 24.4 Å². The van der Waals surface area contributed by atoms with Crippen molar-refractivity contribution in [2.24, 2.45) is 0 Å². The predicted octanol–water partition coefficient (Wildman–Crippen LogP) is 2.31. The zero-order valence-electron chi connectivity index (χ0n) is 16.4. The Bertz CT molecular complexity index is 957. The summed E-state index contributed by atoms with van der Waals surface area (Å²) in [6.45, 7) is 1.30. The molecule has 0 aliphatic carbocycles. The standard InChI is InChI=1S/C22H22N2O6/c25-20(23-16-4-6-17(7-5-16)24-9-1-2-21(24)26)14-30-22(27)13-15-3-8-18-19(12-15)29-11-10-28-18/h3-8,12H,1-2,9-11,13-14H2,(H,23,25). The molecule has 0 unspecified atom stereocenters. The van der Waals surface area contributed by atoms with E-state index in [0.29, 0.717) is 43.4 Å². The molecule has 2 amide bonds. The third kappa shape index (κ3) is 4.71. The SMILES string of the molecule is O=C(COC(=O)Cc1ccc2c(c1)OCCO2)Nc1ccc(N2CCCC2=O)cc1. The molecule has 8 heteroatoms. The Morgan fingerprint density at radius 1 is 1.03 bits per heavy atom. The second-order valence-electron chi connectivity index (χ2n) is 7.06. The highest BCUT2D eigenvalue weighted by molar-refractivity contribution is 5.96. The number of hydrogen-bond donors (Lipinski definition) is 1. The number of nitrogens with zero attached hydrogens (tertiary/aromatic N) is 1. The molecule has 0 radical (unpaired) electrons. The molecule has 8 nitrogen and oxygen atoms in total. The van der Waals surface area contributed by atoms with E-state index in [-0.39, 0.29) is 18.9 Å². The molecule has 4 rings (SSSR count). The number of carbonyl (C=O) groups is 3. The average Bonchev–Trinajstić information content (AvgIpc) is 3.18. The fourth-order valence-corrected chi connectivity index (χ4v) is 3.40. The highest BCUT2D eigenvalue weighted by Crippen LogP contribution is 2.31.